The Labute approximate surface area is 146 Å². The lowest BCUT2D eigenvalue weighted by atomic mass is 9.90. The summed E-state index contributed by atoms with van der Waals surface area (Å²) in [6.45, 7) is 0.668. The average Bonchev–Trinajstić information content (AvgIpc) is 2.67. The molecular weight excluding hydrogens is 373 g/mol. The average molecular weight is 391 g/mol. The number of hydroxylamine groups is 1. The van der Waals surface area contributed by atoms with Gasteiger partial charge in [0, 0.05) is 12.5 Å². The van der Waals surface area contributed by atoms with Gasteiger partial charge in [-0.25, -0.2) is 5.48 Å². The molecule has 0 bridgehead atoms. The van der Waals surface area contributed by atoms with E-state index in [1.807, 2.05) is 6.07 Å². The van der Waals surface area contributed by atoms with E-state index in [9.17, 15) is 8.42 Å². The Morgan fingerprint density at radius 1 is 1.36 bits per heavy atom. The highest BCUT2D eigenvalue weighted by Crippen LogP contribution is 2.33. The summed E-state index contributed by atoms with van der Waals surface area (Å²) >= 11 is 12.0. The zero-order valence-electron chi connectivity index (χ0n) is 11.9. The molecule has 0 radical (unpaired) electrons. The third-order valence-corrected chi connectivity index (χ3v) is 5.46. The third kappa shape index (κ3) is 5.23. The van der Waals surface area contributed by atoms with E-state index in [-0.39, 0.29) is 24.1 Å². The summed E-state index contributed by atoms with van der Waals surface area (Å²) in [5.41, 5.74) is 3.70. The fourth-order valence-electron chi connectivity index (χ4n) is 2.37. The lowest BCUT2D eigenvalue weighted by Gasteiger charge is -2.24. The van der Waals surface area contributed by atoms with Gasteiger partial charge in [0.1, 0.15) is 11.9 Å². The van der Waals surface area contributed by atoms with Crippen LogP contribution in [0.1, 0.15) is 24.3 Å². The Morgan fingerprint density at radius 3 is 2.73 bits per heavy atom. The van der Waals surface area contributed by atoms with Crippen molar-refractivity contribution < 1.29 is 17.4 Å². The molecule has 2 rings (SSSR count). The van der Waals surface area contributed by atoms with Gasteiger partial charge in [0.15, 0.2) is 0 Å². The van der Waals surface area contributed by atoms with Gasteiger partial charge in [0.25, 0.3) is 10.1 Å². The molecule has 22 heavy (non-hydrogen) atoms. The smallest absolute Gasteiger partial charge is 0.269 e. The predicted molar refractivity (Wildman–Crippen MR) is 89.4 cm³/mol. The quantitative estimate of drug-likeness (QED) is 0.800. The molecule has 0 unspecified atom stereocenters. The van der Waals surface area contributed by atoms with Crippen molar-refractivity contribution in [3.05, 3.63) is 33.8 Å². The summed E-state index contributed by atoms with van der Waals surface area (Å²) in [7, 11) is -2.47. The molecular formula is C13H18Cl3NO4S. The van der Waals surface area contributed by atoms with Gasteiger partial charge >= 0.3 is 0 Å². The van der Waals surface area contributed by atoms with E-state index < -0.39 is 16.2 Å². The van der Waals surface area contributed by atoms with Gasteiger partial charge in [0.2, 0.25) is 0 Å². The minimum atomic E-state index is -3.62. The molecule has 5 nitrogen and oxygen atoms in total. The van der Waals surface area contributed by atoms with Gasteiger partial charge in [-0.2, -0.15) is 8.42 Å². The lowest BCUT2D eigenvalue weighted by Crippen LogP contribution is -2.33. The van der Waals surface area contributed by atoms with Gasteiger partial charge in [-0.3, -0.25) is 9.02 Å². The number of nitrogens with one attached hydrogen (secondary N) is 1. The highest BCUT2D eigenvalue weighted by atomic mass is 35.5. The van der Waals surface area contributed by atoms with Crippen LogP contribution < -0.4 is 5.48 Å². The van der Waals surface area contributed by atoms with Gasteiger partial charge in [0.05, 0.1) is 17.2 Å². The first-order chi connectivity index (χ1) is 9.93. The van der Waals surface area contributed by atoms with Crippen molar-refractivity contribution in [3.63, 3.8) is 0 Å². The van der Waals surface area contributed by atoms with Crippen LogP contribution in [0.2, 0.25) is 10.0 Å². The maximum absolute atomic E-state index is 11.7. The Bertz CT molecular complexity index is 597. The van der Waals surface area contributed by atoms with Crippen LogP contribution in [0, 0.1) is 0 Å². The fourth-order valence-corrected chi connectivity index (χ4v) is 3.52. The van der Waals surface area contributed by atoms with Crippen molar-refractivity contribution in [2.75, 3.05) is 19.4 Å². The Kier molecular flexibility index (Phi) is 7.88. The van der Waals surface area contributed by atoms with Crippen LogP contribution in [-0.4, -0.2) is 33.9 Å². The summed E-state index contributed by atoms with van der Waals surface area (Å²) < 4.78 is 27.9. The van der Waals surface area contributed by atoms with E-state index in [1.54, 1.807) is 12.1 Å². The summed E-state index contributed by atoms with van der Waals surface area (Å²) in [5, 5.41) is 0.911. The second kappa shape index (κ2) is 8.68. The molecule has 0 aromatic heterocycles. The molecule has 1 heterocycles. The number of benzene rings is 1. The van der Waals surface area contributed by atoms with E-state index in [2.05, 4.69) is 9.66 Å². The van der Waals surface area contributed by atoms with Crippen molar-refractivity contribution >= 4 is 45.7 Å². The van der Waals surface area contributed by atoms with E-state index in [1.165, 1.54) is 0 Å². The van der Waals surface area contributed by atoms with Crippen LogP contribution in [0.3, 0.4) is 0 Å². The Hall–Kier alpha value is -0.0800. The molecule has 1 aromatic rings. The molecule has 126 valence electrons. The summed E-state index contributed by atoms with van der Waals surface area (Å²) in [5.74, 6) is -0.318. The molecule has 0 amide bonds. The SMILES string of the molecule is COS(=O)(=O)C[C@@H]1ONCCC[C@@H]1c1ccc(Cl)c(Cl)c1.Cl. The third-order valence-electron chi connectivity index (χ3n) is 3.47. The first kappa shape index (κ1) is 20.0. The number of rotatable bonds is 4. The maximum atomic E-state index is 11.7. The first-order valence-corrected chi connectivity index (χ1v) is 8.88. The van der Waals surface area contributed by atoms with Gasteiger partial charge in [-0.15, -0.1) is 12.4 Å². The number of hydrogen-bond acceptors (Lipinski definition) is 5. The molecule has 0 saturated carbocycles. The van der Waals surface area contributed by atoms with Crippen molar-refractivity contribution in [2.24, 2.45) is 0 Å². The van der Waals surface area contributed by atoms with Crippen LogP contribution >= 0.6 is 35.6 Å². The van der Waals surface area contributed by atoms with Gasteiger partial charge in [-0.05, 0) is 30.5 Å². The van der Waals surface area contributed by atoms with Crippen LogP contribution in [0.4, 0.5) is 0 Å². The standard InChI is InChI=1S/C13H17Cl2NO4S.ClH/c1-19-21(17,18)8-13-10(3-2-6-16-20-13)9-4-5-11(14)12(15)7-9;/h4-5,7,10,13,16H,2-3,6,8H2,1H3;1H/t10-,13+;/m1./s1. The van der Waals surface area contributed by atoms with E-state index in [0.29, 0.717) is 16.6 Å². The zero-order chi connectivity index (χ0) is 15.5. The van der Waals surface area contributed by atoms with E-state index in [4.69, 9.17) is 28.0 Å². The van der Waals surface area contributed by atoms with E-state index >= 15 is 0 Å². The predicted octanol–water partition coefficient (Wildman–Crippen LogP) is 3.16. The maximum Gasteiger partial charge on any atom is 0.269 e. The second-order valence-electron chi connectivity index (χ2n) is 4.86. The van der Waals surface area contributed by atoms with Gasteiger partial charge < -0.3 is 0 Å². The molecule has 1 N–H and O–H groups in total. The van der Waals surface area contributed by atoms with Crippen molar-refractivity contribution in [2.45, 2.75) is 24.9 Å². The Balaban J connectivity index is 0.00000242. The monoisotopic (exact) mass is 389 g/mol. The minimum Gasteiger partial charge on any atom is -0.297 e. The fraction of sp³-hybridized carbons (Fsp3) is 0.538. The van der Waals surface area contributed by atoms with Crippen molar-refractivity contribution in [1.29, 1.82) is 0 Å². The molecule has 0 spiro atoms. The number of halogens is 3. The van der Waals surface area contributed by atoms with Crippen LogP contribution in [0.25, 0.3) is 0 Å². The Morgan fingerprint density at radius 2 is 2.09 bits per heavy atom. The van der Waals surface area contributed by atoms with Crippen LogP contribution in [-0.2, 0) is 19.1 Å². The zero-order valence-corrected chi connectivity index (χ0v) is 15.1. The number of hydrogen-bond donors (Lipinski definition) is 1. The van der Waals surface area contributed by atoms with Gasteiger partial charge in [-0.1, -0.05) is 29.3 Å². The highest BCUT2D eigenvalue weighted by Gasteiger charge is 2.31. The molecule has 1 fully saturated rings. The summed E-state index contributed by atoms with van der Waals surface area (Å²) in [6, 6.07) is 5.31. The topological polar surface area (TPSA) is 64.6 Å². The molecule has 1 aromatic carbocycles. The molecule has 1 saturated heterocycles. The molecule has 1 aliphatic rings. The highest BCUT2D eigenvalue weighted by molar-refractivity contribution is 7.86. The van der Waals surface area contributed by atoms with Crippen molar-refractivity contribution in [1.82, 2.24) is 5.48 Å². The van der Waals surface area contributed by atoms with E-state index in [0.717, 1.165) is 25.5 Å². The largest absolute Gasteiger partial charge is 0.297 e. The first-order valence-electron chi connectivity index (χ1n) is 6.54. The molecule has 9 heteroatoms. The molecule has 2 atom stereocenters. The van der Waals surface area contributed by atoms with Crippen LogP contribution in [0.15, 0.2) is 18.2 Å². The molecule has 1 aliphatic heterocycles. The normalized spacial score (nSPS) is 22.7. The van der Waals surface area contributed by atoms with Crippen LogP contribution in [0.5, 0.6) is 0 Å². The minimum absolute atomic E-state index is 0. The summed E-state index contributed by atoms with van der Waals surface area (Å²) in [4.78, 5) is 5.49. The van der Waals surface area contributed by atoms with Crippen molar-refractivity contribution in [3.8, 4) is 0 Å². The second-order valence-corrected chi connectivity index (χ2v) is 7.46. The lowest BCUT2D eigenvalue weighted by molar-refractivity contribution is -0.0143. The molecule has 0 aliphatic carbocycles. The summed E-state index contributed by atoms with van der Waals surface area (Å²) in [6.07, 6.45) is 1.11.